The molecule has 1 unspecified atom stereocenters. The highest BCUT2D eigenvalue weighted by atomic mass is 79.9. The van der Waals surface area contributed by atoms with Gasteiger partial charge < -0.3 is 4.90 Å². The van der Waals surface area contributed by atoms with E-state index in [1.807, 2.05) is 0 Å². The molecule has 2 rings (SSSR count). The van der Waals surface area contributed by atoms with Crippen molar-refractivity contribution in [3.63, 3.8) is 0 Å². The lowest BCUT2D eigenvalue weighted by Gasteiger charge is -2.24. The van der Waals surface area contributed by atoms with E-state index in [1.54, 1.807) is 30.0 Å². The molecule has 1 aromatic carbocycles. The molecule has 0 spiro atoms. The molecule has 1 amide bonds. The maximum absolute atomic E-state index is 12.5. The Hall–Kier alpha value is -0.870. The molecule has 0 aliphatic carbocycles. The minimum atomic E-state index is -0.0349. The Morgan fingerprint density at radius 3 is 2.84 bits per heavy atom. The van der Waals surface area contributed by atoms with Gasteiger partial charge in [0.1, 0.15) is 5.78 Å². The highest BCUT2D eigenvalue weighted by Gasteiger charge is 2.30. The van der Waals surface area contributed by atoms with E-state index in [0.29, 0.717) is 28.0 Å². The third-order valence-corrected chi connectivity index (χ3v) is 4.21. The number of amides is 1. The zero-order valence-corrected chi connectivity index (χ0v) is 13.0. The second-order valence-corrected chi connectivity index (χ2v) is 6.12. The van der Waals surface area contributed by atoms with Crippen molar-refractivity contribution in [2.45, 2.75) is 32.2 Å². The summed E-state index contributed by atoms with van der Waals surface area (Å²) in [5.41, 5.74) is 0.597. The Kier molecular flexibility index (Phi) is 4.63. The molecule has 1 fully saturated rings. The molecule has 1 saturated heterocycles. The number of benzene rings is 1. The molecule has 0 saturated carbocycles. The van der Waals surface area contributed by atoms with Crippen LogP contribution in [0, 0.1) is 0 Å². The highest BCUT2D eigenvalue weighted by Crippen LogP contribution is 2.27. The summed E-state index contributed by atoms with van der Waals surface area (Å²) in [5, 5.41) is 0.588. The quantitative estimate of drug-likeness (QED) is 0.838. The number of ketones is 1. The van der Waals surface area contributed by atoms with Crippen LogP contribution in [0.4, 0.5) is 0 Å². The number of rotatable bonds is 3. The summed E-state index contributed by atoms with van der Waals surface area (Å²) < 4.78 is 0.693. The molecule has 0 N–H and O–H groups in total. The average molecular weight is 345 g/mol. The van der Waals surface area contributed by atoms with E-state index in [1.165, 1.54) is 0 Å². The van der Waals surface area contributed by atoms with Crippen molar-refractivity contribution in [3.05, 3.63) is 33.3 Å². The van der Waals surface area contributed by atoms with Crippen LogP contribution >= 0.6 is 27.5 Å². The summed E-state index contributed by atoms with van der Waals surface area (Å²) >= 11 is 9.25. The standard InChI is InChI=1S/C14H15BrClNO2/c1-9(18)7-11-3-2-6-17(11)14(19)12-5-4-10(16)8-13(12)15/h4-5,8,11H,2-3,6-7H2,1H3. The van der Waals surface area contributed by atoms with E-state index in [2.05, 4.69) is 15.9 Å². The van der Waals surface area contributed by atoms with Crippen molar-refractivity contribution >= 4 is 39.2 Å². The predicted octanol–water partition coefficient (Wildman–Crippen LogP) is 3.69. The molecule has 0 aromatic heterocycles. The number of hydrogen-bond donors (Lipinski definition) is 0. The summed E-state index contributed by atoms with van der Waals surface area (Å²) in [5.74, 6) is 0.0900. The fourth-order valence-electron chi connectivity index (χ4n) is 2.46. The third-order valence-electron chi connectivity index (χ3n) is 3.32. The first kappa shape index (κ1) is 14.5. The molecule has 5 heteroatoms. The van der Waals surface area contributed by atoms with Gasteiger partial charge in [0.05, 0.1) is 5.56 Å². The third kappa shape index (κ3) is 3.37. The first-order valence-corrected chi connectivity index (χ1v) is 7.41. The van der Waals surface area contributed by atoms with Gasteiger partial charge in [-0.1, -0.05) is 11.6 Å². The van der Waals surface area contributed by atoms with E-state index in [4.69, 9.17) is 11.6 Å². The van der Waals surface area contributed by atoms with Gasteiger partial charge in [0.15, 0.2) is 0 Å². The Bertz CT molecular complexity index is 518. The number of halogens is 2. The molecule has 1 aliphatic rings. The van der Waals surface area contributed by atoms with E-state index in [0.717, 1.165) is 12.8 Å². The van der Waals surface area contributed by atoms with Crippen LogP contribution in [0.2, 0.25) is 5.02 Å². The molecule has 102 valence electrons. The molecule has 19 heavy (non-hydrogen) atoms. The lowest BCUT2D eigenvalue weighted by atomic mass is 10.1. The van der Waals surface area contributed by atoms with Crippen LogP contribution < -0.4 is 0 Å². The van der Waals surface area contributed by atoms with E-state index >= 15 is 0 Å². The van der Waals surface area contributed by atoms with Crippen LogP contribution in [0.25, 0.3) is 0 Å². The fraction of sp³-hybridized carbons (Fsp3) is 0.429. The first-order chi connectivity index (χ1) is 8.99. The largest absolute Gasteiger partial charge is 0.335 e. The summed E-state index contributed by atoms with van der Waals surface area (Å²) in [4.78, 5) is 25.6. The Morgan fingerprint density at radius 2 is 2.21 bits per heavy atom. The number of nitrogens with zero attached hydrogens (tertiary/aromatic N) is 1. The number of carbonyl (C=O) groups excluding carboxylic acids is 2. The number of Topliss-reactive ketones (excluding diaryl/α,β-unsaturated/α-hetero) is 1. The van der Waals surface area contributed by atoms with E-state index < -0.39 is 0 Å². The monoisotopic (exact) mass is 343 g/mol. The lowest BCUT2D eigenvalue weighted by Crippen LogP contribution is -2.36. The molecular weight excluding hydrogens is 330 g/mol. The zero-order chi connectivity index (χ0) is 14.0. The molecule has 1 aromatic rings. The zero-order valence-electron chi connectivity index (χ0n) is 10.7. The number of hydrogen-bond acceptors (Lipinski definition) is 2. The van der Waals surface area contributed by atoms with Gasteiger partial charge >= 0.3 is 0 Å². The molecule has 0 bridgehead atoms. The van der Waals surface area contributed by atoms with Crippen LogP contribution in [0.5, 0.6) is 0 Å². The van der Waals surface area contributed by atoms with Crippen LogP contribution in [-0.2, 0) is 4.79 Å². The predicted molar refractivity (Wildman–Crippen MR) is 78.5 cm³/mol. The minimum Gasteiger partial charge on any atom is -0.335 e. The van der Waals surface area contributed by atoms with Crippen LogP contribution in [-0.4, -0.2) is 29.2 Å². The van der Waals surface area contributed by atoms with Crippen molar-refractivity contribution in [1.29, 1.82) is 0 Å². The summed E-state index contributed by atoms with van der Waals surface area (Å²) in [6, 6.07) is 5.17. The van der Waals surface area contributed by atoms with Crippen molar-refractivity contribution in [2.75, 3.05) is 6.54 Å². The van der Waals surface area contributed by atoms with Gasteiger partial charge in [-0.15, -0.1) is 0 Å². The fourth-order valence-corrected chi connectivity index (χ4v) is 3.32. The topological polar surface area (TPSA) is 37.4 Å². The normalized spacial score (nSPS) is 18.7. The van der Waals surface area contributed by atoms with Gasteiger partial charge in [0.25, 0.3) is 5.91 Å². The van der Waals surface area contributed by atoms with Gasteiger partial charge in [0.2, 0.25) is 0 Å². The highest BCUT2D eigenvalue weighted by molar-refractivity contribution is 9.10. The van der Waals surface area contributed by atoms with Crippen molar-refractivity contribution < 1.29 is 9.59 Å². The average Bonchev–Trinajstić information content (AvgIpc) is 2.75. The van der Waals surface area contributed by atoms with E-state index in [-0.39, 0.29) is 17.7 Å². The first-order valence-electron chi connectivity index (χ1n) is 6.24. The molecule has 1 heterocycles. The Balaban J connectivity index is 2.20. The van der Waals surface area contributed by atoms with Gasteiger partial charge in [-0.3, -0.25) is 9.59 Å². The smallest absolute Gasteiger partial charge is 0.255 e. The second-order valence-electron chi connectivity index (χ2n) is 4.82. The number of carbonyl (C=O) groups is 2. The SMILES string of the molecule is CC(=O)CC1CCCN1C(=O)c1ccc(Cl)cc1Br. The van der Waals surface area contributed by atoms with Gasteiger partial charge in [0, 0.05) is 28.5 Å². The maximum atomic E-state index is 12.5. The van der Waals surface area contributed by atoms with Crippen LogP contribution in [0.15, 0.2) is 22.7 Å². The molecule has 0 radical (unpaired) electrons. The molecule has 3 nitrogen and oxygen atoms in total. The Labute approximate surface area is 126 Å². The second kappa shape index (κ2) is 6.06. The Morgan fingerprint density at radius 1 is 1.47 bits per heavy atom. The van der Waals surface area contributed by atoms with Crippen molar-refractivity contribution in [3.8, 4) is 0 Å². The van der Waals surface area contributed by atoms with Crippen molar-refractivity contribution in [2.24, 2.45) is 0 Å². The molecular formula is C14H15BrClNO2. The lowest BCUT2D eigenvalue weighted by molar-refractivity contribution is -0.117. The molecule has 1 aliphatic heterocycles. The summed E-state index contributed by atoms with van der Waals surface area (Å²) in [7, 11) is 0. The van der Waals surface area contributed by atoms with Crippen LogP contribution in [0.3, 0.4) is 0 Å². The van der Waals surface area contributed by atoms with Gasteiger partial charge in [-0.2, -0.15) is 0 Å². The number of likely N-dealkylation sites (tertiary alicyclic amines) is 1. The molecule has 1 atom stereocenters. The maximum Gasteiger partial charge on any atom is 0.255 e. The summed E-state index contributed by atoms with van der Waals surface area (Å²) in [6.07, 6.45) is 2.29. The van der Waals surface area contributed by atoms with E-state index in [9.17, 15) is 9.59 Å². The summed E-state index contributed by atoms with van der Waals surface area (Å²) in [6.45, 7) is 2.28. The van der Waals surface area contributed by atoms with Gasteiger partial charge in [-0.25, -0.2) is 0 Å². The van der Waals surface area contributed by atoms with Crippen molar-refractivity contribution in [1.82, 2.24) is 4.90 Å². The minimum absolute atomic E-state index is 0.0348. The van der Waals surface area contributed by atoms with Gasteiger partial charge in [-0.05, 0) is 53.9 Å². The van der Waals surface area contributed by atoms with Crippen LogP contribution in [0.1, 0.15) is 36.5 Å².